The first-order valence-corrected chi connectivity index (χ1v) is 7.43. The second-order valence-electron chi connectivity index (χ2n) is 5.30. The van der Waals surface area contributed by atoms with Crippen molar-refractivity contribution < 1.29 is 9.47 Å². The van der Waals surface area contributed by atoms with Crippen LogP contribution in [0.2, 0.25) is 0 Å². The first kappa shape index (κ1) is 15.1. The van der Waals surface area contributed by atoms with Crippen LogP contribution in [0.25, 0.3) is 0 Å². The second-order valence-corrected chi connectivity index (χ2v) is 5.30. The first-order valence-electron chi connectivity index (χ1n) is 7.43. The summed E-state index contributed by atoms with van der Waals surface area (Å²) < 4.78 is 10.8. The molecule has 1 fully saturated rings. The third kappa shape index (κ3) is 3.87. The number of rotatable bonds is 7. The zero-order valence-corrected chi connectivity index (χ0v) is 12.8. The van der Waals surface area contributed by atoms with Gasteiger partial charge in [0.1, 0.15) is 11.5 Å². The Morgan fingerprint density at radius 3 is 2.75 bits per heavy atom. The van der Waals surface area contributed by atoms with Gasteiger partial charge in [0.15, 0.2) is 0 Å². The van der Waals surface area contributed by atoms with Crippen LogP contribution in [0.3, 0.4) is 0 Å². The van der Waals surface area contributed by atoms with E-state index in [1.54, 1.807) is 14.2 Å². The molecular weight excluding hydrogens is 252 g/mol. The Bertz CT molecular complexity index is 417. The first-order chi connectivity index (χ1) is 9.76. The maximum absolute atomic E-state index is 5.46. The molecule has 1 heterocycles. The maximum atomic E-state index is 5.46. The van der Waals surface area contributed by atoms with E-state index in [4.69, 9.17) is 9.47 Å². The van der Waals surface area contributed by atoms with Gasteiger partial charge in [0.05, 0.1) is 14.2 Å². The predicted octanol–water partition coefficient (Wildman–Crippen LogP) is 2.28. The molecule has 112 valence electrons. The molecule has 0 spiro atoms. The minimum absolute atomic E-state index is 0.631. The number of hydrogen-bond acceptors (Lipinski definition) is 4. The normalized spacial score (nSPS) is 18.5. The molecule has 4 heteroatoms. The summed E-state index contributed by atoms with van der Waals surface area (Å²) in [4.78, 5) is 2.46. The van der Waals surface area contributed by atoms with Gasteiger partial charge in [-0.25, -0.2) is 0 Å². The number of nitrogens with one attached hydrogen (secondary N) is 1. The average Bonchev–Trinajstić information content (AvgIpc) is 2.99. The standard InChI is InChI=1S/C16H26N2O2/c1-4-18(12-14-6-5-9-17-14)11-13-10-15(19-2)7-8-16(13)20-3/h7-8,10,14,17H,4-6,9,11-12H2,1-3H3. The van der Waals surface area contributed by atoms with E-state index >= 15 is 0 Å². The Morgan fingerprint density at radius 2 is 2.15 bits per heavy atom. The number of nitrogens with zero attached hydrogens (tertiary/aromatic N) is 1. The SMILES string of the molecule is CCN(Cc1cc(OC)ccc1OC)CC1CCCN1. The summed E-state index contributed by atoms with van der Waals surface area (Å²) in [6, 6.07) is 6.63. The maximum Gasteiger partial charge on any atom is 0.123 e. The van der Waals surface area contributed by atoms with E-state index in [0.29, 0.717) is 6.04 Å². The summed E-state index contributed by atoms with van der Waals surface area (Å²) in [5, 5.41) is 3.56. The van der Waals surface area contributed by atoms with Crippen LogP contribution in [-0.4, -0.2) is 44.8 Å². The van der Waals surface area contributed by atoms with Gasteiger partial charge in [0.2, 0.25) is 0 Å². The Labute approximate surface area is 122 Å². The fourth-order valence-electron chi connectivity index (χ4n) is 2.78. The summed E-state index contributed by atoms with van der Waals surface area (Å²) in [6.45, 7) is 6.40. The quantitative estimate of drug-likeness (QED) is 0.829. The lowest BCUT2D eigenvalue weighted by atomic mass is 10.1. The molecule has 1 saturated heterocycles. The molecule has 0 saturated carbocycles. The minimum atomic E-state index is 0.631. The molecule has 1 N–H and O–H groups in total. The third-order valence-electron chi connectivity index (χ3n) is 3.97. The monoisotopic (exact) mass is 278 g/mol. The van der Waals surface area contributed by atoms with Gasteiger partial charge in [-0.1, -0.05) is 6.92 Å². The lowest BCUT2D eigenvalue weighted by molar-refractivity contribution is 0.249. The lowest BCUT2D eigenvalue weighted by Crippen LogP contribution is -2.37. The van der Waals surface area contributed by atoms with Crippen molar-refractivity contribution >= 4 is 0 Å². The summed E-state index contributed by atoms with van der Waals surface area (Å²) in [7, 11) is 3.42. The van der Waals surface area contributed by atoms with Gasteiger partial charge < -0.3 is 14.8 Å². The van der Waals surface area contributed by atoms with Crippen molar-refractivity contribution in [3.8, 4) is 11.5 Å². The van der Waals surface area contributed by atoms with Crippen LogP contribution < -0.4 is 14.8 Å². The van der Waals surface area contributed by atoms with Crippen LogP contribution in [0.5, 0.6) is 11.5 Å². The van der Waals surface area contributed by atoms with Crippen molar-refractivity contribution in [2.24, 2.45) is 0 Å². The molecule has 1 aliphatic rings. The van der Waals surface area contributed by atoms with Crippen LogP contribution in [0.15, 0.2) is 18.2 Å². The van der Waals surface area contributed by atoms with E-state index in [0.717, 1.165) is 37.7 Å². The molecule has 1 aliphatic heterocycles. The van der Waals surface area contributed by atoms with Crippen molar-refractivity contribution in [1.82, 2.24) is 10.2 Å². The Balaban J connectivity index is 2.04. The van der Waals surface area contributed by atoms with Crippen molar-refractivity contribution in [2.75, 3.05) is 33.9 Å². The highest BCUT2D eigenvalue weighted by molar-refractivity contribution is 5.40. The molecular formula is C16H26N2O2. The Morgan fingerprint density at radius 1 is 1.30 bits per heavy atom. The molecule has 0 aliphatic carbocycles. The van der Waals surface area contributed by atoms with E-state index in [9.17, 15) is 0 Å². The zero-order chi connectivity index (χ0) is 14.4. The third-order valence-corrected chi connectivity index (χ3v) is 3.97. The highest BCUT2D eigenvalue weighted by Crippen LogP contribution is 2.25. The van der Waals surface area contributed by atoms with Gasteiger partial charge >= 0.3 is 0 Å². The molecule has 20 heavy (non-hydrogen) atoms. The molecule has 2 rings (SSSR count). The van der Waals surface area contributed by atoms with Crippen molar-refractivity contribution in [1.29, 1.82) is 0 Å². The van der Waals surface area contributed by atoms with Crippen LogP contribution in [0.4, 0.5) is 0 Å². The molecule has 1 aromatic rings. The smallest absolute Gasteiger partial charge is 0.123 e. The Kier molecular flexibility index (Phi) is 5.68. The summed E-state index contributed by atoms with van der Waals surface area (Å²) in [5.41, 5.74) is 1.19. The fraction of sp³-hybridized carbons (Fsp3) is 0.625. The average molecular weight is 278 g/mol. The largest absolute Gasteiger partial charge is 0.497 e. The lowest BCUT2D eigenvalue weighted by Gasteiger charge is -2.25. The van der Waals surface area contributed by atoms with E-state index in [1.165, 1.54) is 18.4 Å². The van der Waals surface area contributed by atoms with Gasteiger partial charge in [-0.3, -0.25) is 4.90 Å². The van der Waals surface area contributed by atoms with Crippen molar-refractivity contribution in [3.63, 3.8) is 0 Å². The summed E-state index contributed by atoms with van der Waals surface area (Å²) >= 11 is 0. The highest BCUT2D eigenvalue weighted by atomic mass is 16.5. The molecule has 0 aromatic heterocycles. The van der Waals surface area contributed by atoms with Gasteiger partial charge in [-0.05, 0) is 44.1 Å². The van der Waals surface area contributed by atoms with Gasteiger partial charge in [0.25, 0.3) is 0 Å². The molecule has 0 radical (unpaired) electrons. The molecule has 1 unspecified atom stereocenters. The van der Waals surface area contributed by atoms with E-state index in [-0.39, 0.29) is 0 Å². The zero-order valence-electron chi connectivity index (χ0n) is 12.8. The van der Waals surface area contributed by atoms with Crippen molar-refractivity contribution in [3.05, 3.63) is 23.8 Å². The van der Waals surface area contributed by atoms with Crippen LogP contribution in [0, 0.1) is 0 Å². The van der Waals surface area contributed by atoms with Crippen LogP contribution >= 0.6 is 0 Å². The minimum Gasteiger partial charge on any atom is -0.497 e. The van der Waals surface area contributed by atoms with Gasteiger partial charge in [-0.2, -0.15) is 0 Å². The van der Waals surface area contributed by atoms with Crippen LogP contribution in [-0.2, 0) is 6.54 Å². The van der Waals surface area contributed by atoms with Gasteiger partial charge in [0, 0.05) is 24.7 Å². The number of hydrogen-bond donors (Lipinski definition) is 1. The fourth-order valence-corrected chi connectivity index (χ4v) is 2.78. The van der Waals surface area contributed by atoms with Gasteiger partial charge in [-0.15, -0.1) is 0 Å². The van der Waals surface area contributed by atoms with Crippen molar-refractivity contribution in [2.45, 2.75) is 32.4 Å². The number of benzene rings is 1. The molecule has 1 aromatic carbocycles. The van der Waals surface area contributed by atoms with E-state index < -0.39 is 0 Å². The molecule has 0 bridgehead atoms. The summed E-state index contributed by atoms with van der Waals surface area (Å²) in [6.07, 6.45) is 2.58. The molecule has 4 nitrogen and oxygen atoms in total. The number of likely N-dealkylation sites (N-methyl/N-ethyl adjacent to an activating group) is 1. The van der Waals surface area contributed by atoms with E-state index in [2.05, 4.69) is 23.2 Å². The second kappa shape index (κ2) is 7.50. The highest BCUT2D eigenvalue weighted by Gasteiger charge is 2.18. The summed E-state index contributed by atoms with van der Waals surface area (Å²) in [5.74, 6) is 1.82. The molecule has 0 amide bonds. The van der Waals surface area contributed by atoms with E-state index in [1.807, 2.05) is 12.1 Å². The Hall–Kier alpha value is -1.26. The predicted molar refractivity (Wildman–Crippen MR) is 81.5 cm³/mol. The molecule has 1 atom stereocenters. The number of methoxy groups -OCH3 is 2. The number of ether oxygens (including phenoxy) is 2. The topological polar surface area (TPSA) is 33.7 Å². The van der Waals surface area contributed by atoms with Crippen LogP contribution in [0.1, 0.15) is 25.3 Å².